The number of carbonyl (C=O) groups excluding carboxylic acids is 1. The van der Waals surface area contributed by atoms with Gasteiger partial charge in [0.05, 0.1) is 6.10 Å². The lowest BCUT2D eigenvalue weighted by atomic mass is 9.99. The van der Waals surface area contributed by atoms with Crippen molar-refractivity contribution in [3.63, 3.8) is 0 Å². The van der Waals surface area contributed by atoms with Crippen LogP contribution < -0.4 is 10.2 Å². The lowest BCUT2D eigenvalue weighted by Crippen LogP contribution is -2.49. The van der Waals surface area contributed by atoms with E-state index in [1.165, 1.54) is 12.4 Å². The summed E-state index contributed by atoms with van der Waals surface area (Å²) in [5.41, 5.74) is 2.33. The fourth-order valence-corrected chi connectivity index (χ4v) is 2.83. The Kier molecular flexibility index (Phi) is 5.96. The largest absolute Gasteiger partial charge is 0.491 e. The first-order chi connectivity index (χ1) is 10.1. The molecule has 22 heavy (non-hydrogen) atoms. The van der Waals surface area contributed by atoms with Gasteiger partial charge in [-0.05, 0) is 51.3 Å². The number of ether oxygens (including phenoxy) is 1. The number of sulfone groups is 1. The summed E-state index contributed by atoms with van der Waals surface area (Å²) < 4.78 is 27.6. The van der Waals surface area contributed by atoms with Gasteiger partial charge >= 0.3 is 0 Å². The normalized spacial score (nSPS) is 14.5. The van der Waals surface area contributed by atoms with Gasteiger partial charge < -0.3 is 4.74 Å². The molecule has 7 heteroatoms. The van der Waals surface area contributed by atoms with Crippen molar-refractivity contribution in [3.05, 3.63) is 29.8 Å². The summed E-state index contributed by atoms with van der Waals surface area (Å²) in [6.07, 6.45) is 1.52. The molecule has 1 aromatic carbocycles. The maximum absolute atomic E-state index is 11.9. The van der Waals surface area contributed by atoms with Crippen molar-refractivity contribution in [1.82, 2.24) is 5.48 Å². The molecule has 0 fully saturated rings. The second-order valence-electron chi connectivity index (χ2n) is 5.75. The average molecular weight is 329 g/mol. The van der Waals surface area contributed by atoms with Gasteiger partial charge in [0.2, 0.25) is 0 Å². The Hall–Kier alpha value is -1.60. The van der Waals surface area contributed by atoms with Gasteiger partial charge in [-0.3, -0.25) is 10.0 Å². The van der Waals surface area contributed by atoms with E-state index in [9.17, 15) is 13.2 Å². The molecule has 1 unspecified atom stereocenters. The van der Waals surface area contributed by atoms with Crippen molar-refractivity contribution in [2.75, 3.05) is 6.26 Å². The third-order valence-corrected chi connectivity index (χ3v) is 5.61. The highest BCUT2D eigenvalue weighted by Gasteiger charge is 2.43. The summed E-state index contributed by atoms with van der Waals surface area (Å²) in [7, 11) is -3.67. The third kappa shape index (κ3) is 4.45. The van der Waals surface area contributed by atoms with E-state index < -0.39 is 20.5 Å². The van der Waals surface area contributed by atoms with E-state index in [2.05, 4.69) is 0 Å². The highest BCUT2D eigenvalue weighted by molar-refractivity contribution is 7.92. The number of hydroxylamine groups is 1. The molecule has 0 aliphatic rings. The van der Waals surface area contributed by atoms with Gasteiger partial charge in [0.15, 0.2) is 9.84 Å². The summed E-state index contributed by atoms with van der Waals surface area (Å²) in [5, 5.41) is 8.77. The van der Waals surface area contributed by atoms with Crippen molar-refractivity contribution in [2.24, 2.45) is 0 Å². The van der Waals surface area contributed by atoms with E-state index in [1.54, 1.807) is 12.1 Å². The quantitative estimate of drug-likeness (QED) is 0.587. The van der Waals surface area contributed by atoms with Crippen molar-refractivity contribution in [1.29, 1.82) is 0 Å². The Labute approximate surface area is 131 Å². The average Bonchev–Trinajstić information content (AvgIpc) is 2.43. The van der Waals surface area contributed by atoms with Crippen LogP contribution in [0, 0.1) is 0 Å². The monoisotopic (exact) mass is 329 g/mol. The molecule has 0 saturated carbocycles. The number of benzene rings is 1. The molecular weight excluding hydrogens is 306 g/mol. The molecule has 1 rings (SSSR count). The van der Waals surface area contributed by atoms with Gasteiger partial charge in [0, 0.05) is 6.26 Å². The van der Waals surface area contributed by atoms with E-state index in [0.717, 1.165) is 17.6 Å². The minimum absolute atomic E-state index is 0.0720. The Balaban J connectivity index is 2.84. The van der Waals surface area contributed by atoms with Crippen LogP contribution in [0.25, 0.3) is 0 Å². The van der Waals surface area contributed by atoms with Crippen molar-refractivity contribution in [3.8, 4) is 5.75 Å². The molecule has 2 N–H and O–H groups in total. The molecule has 0 saturated heterocycles. The van der Waals surface area contributed by atoms with Crippen molar-refractivity contribution < 1.29 is 23.2 Å². The molecule has 0 spiro atoms. The minimum Gasteiger partial charge on any atom is -0.491 e. The topological polar surface area (TPSA) is 92.7 Å². The Morgan fingerprint density at radius 3 is 2.27 bits per heavy atom. The summed E-state index contributed by atoms with van der Waals surface area (Å²) >= 11 is 0. The van der Waals surface area contributed by atoms with Crippen molar-refractivity contribution in [2.45, 2.75) is 44.5 Å². The second-order valence-corrected chi connectivity index (χ2v) is 8.20. The maximum atomic E-state index is 11.9. The standard InChI is InChI=1S/C15H23NO5S/c1-11(2)21-13-7-5-12(6-8-13)9-10-15(3,14(17)16-18)22(4,19)20/h5-8,11,18H,9-10H2,1-4H3,(H,16,17). The van der Waals surface area contributed by atoms with Crippen LogP contribution in [0.2, 0.25) is 0 Å². The number of carbonyl (C=O) groups is 1. The molecule has 0 aliphatic heterocycles. The first-order valence-corrected chi connectivity index (χ1v) is 8.89. The van der Waals surface area contributed by atoms with E-state index in [-0.39, 0.29) is 12.5 Å². The van der Waals surface area contributed by atoms with Crippen LogP contribution in [0.3, 0.4) is 0 Å². The third-order valence-electron chi connectivity index (χ3n) is 3.59. The van der Waals surface area contributed by atoms with Gasteiger partial charge in [-0.1, -0.05) is 12.1 Å². The molecule has 124 valence electrons. The van der Waals surface area contributed by atoms with Crippen LogP contribution in [-0.2, 0) is 21.1 Å². The zero-order chi connectivity index (χ0) is 17.0. The lowest BCUT2D eigenvalue weighted by molar-refractivity contribution is -0.131. The van der Waals surface area contributed by atoms with Gasteiger partial charge in [-0.25, -0.2) is 13.9 Å². The van der Waals surface area contributed by atoms with Crippen LogP contribution in [0.1, 0.15) is 32.8 Å². The fraction of sp³-hybridized carbons (Fsp3) is 0.533. The van der Waals surface area contributed by atoms with Gasteiger partial charge in [0.1, 0.15) is 10.5 Å². The van der Waals surface area contributed by atoms with Crippen LogP contribution in [-0.4, -0.2) is 36.6 Å². The van der Waals surface area contributed by atoms with E-state index >= 15 is 0 Å². The Bertz CT molecular complexity index is 609. The lowest BCUT2D eigenvalue weighted by Gasteiger charge is -2.25. The first-order valence-electron chi connectivity index (χ1n) is 7.00. The van der Waals surface area contributed by atoms with Crippen LogP contribution in [0.5, 0.6) is 5.75 Å². The van der Waals surface area contributed by atoms with Crippen LogP contribution >= 0.6 is 0 Å². The molecule has 1 aromatic rings. The first kappa shape index (κ1) is 18.4. The van der Waals surface area contributed by atoms with Crippen molar-refractivity contribution >= 4 is 15.7 Å². The maximum Gasteiger partial charge on any atom is 0.264 e. The zero-order valence-electron chi connectivity index (χ0n) is 13.3. The van der Waals surface area contributed by atoms with E-state index in [0.29, 0.717) is 6.42 Å². The molecule has 0 aromatic heterocycles. The smallest absolute Gasteiger partial charge is 0.264 e. The second kappa shape index (κ2) is 7.11. The molecule has 1 amide bonds. The Morgan fingerprint density at radius 2 is 1.86 bits per heavy atom. The zero-order valence-corrected chi connectivity index (χ0v) is 14.1. The van der Waals surface area contributed by atoms with E-state index in [1.807, 2.05) is 26.0 Å². The SMILES string of the molecule is CC(C)Oc1ccc(CCC(C)(C(=O)NO)S(C)(=O)=O)cc1. The molecule has 0 bridgehead atoms. The predicted molar refractivity (Wildman–Crippen MR) is 83.7 cm³/mol. The van der Waals surface area contributed by atoms with Gasteiger partial charge in [-0.2, -0.15) is 0 Å². The highest BCUT2D eigenvalue weighted by atomic mass is 32.2. The summed E-state index contributed by atoms with van der Waals surface area (Å²) in [5.74, 6) is -0.188. The molecule has 1 atom stereocenters. The summed E-state index contributed by atoms with van der Waals surface area (Å²) in [6.45, 7) is 5.17. The van der Waals surface area contributed by atoms with Gasteiger partial charge in [0.25, 0.3) is 5.91 Å². The molecular formula is C15H23NO5S. The molecule has 0 heterocycles. The molecule has 6 nitrogen and oxygen atoms in total. The number of amides is 1. The molecule has 0 radical (unpaired) electrons. The number of aryl methyl sites for hydroxylation is 1. The number of hydrogen-bond acceptors (Lipinski definition) is 5. The summed E-state index contributed by atoms with van der Waals surface area (Å²) in [4.78, 5) is 11.7. The minimum atomic E-state index is -3.67. The number of nitrogens with one attached hydrogen (secondary N) is 1. The Morgan fingerprint density at radius 1 is 1.32 bits per heavy atom. The highest BCUT2D eigenvalue weighted by Crippen LogP contribution is 2.24. The van der Waals surface area contributed by atoms with Crippen LogP contribution in [0.4, 0.5) is 0 Å². The summed E-state index contributed by atoms with van der Waals surface area (Å²) in [6, 6.07) is 7.27. The number of hydrogen-bond donors (Lipinski definition) is 2. The van der Waals surface area contributed by atoms with Gasteiger partial charge in [-0.15, -0.1) is 0 Å². The van der Waals surface area contributed by atoms with E-state index in [4.69, 9.17) is 9.94 Å². The number of rotatable bonds is 7. The molecule has 0 aliphatic carbocycles. The predicted octanol–water partition coefficient (Wildman–Crippen LogP) is 1.72. The van der Waals surface area contributed by atoms with Crippen LogP contribution in [0.15, 0.2) is 24.3 Å². The fourth-order valence-electron chi connectivity index (χ4n) is 1.98.